The smallest absolute Gasteiger partial charge is 0.336 e. The maximum absolute atomic E-state index is 11.5. The molecule has 1 aliphatic heterocycles. The number of rotatable bonds is 3. The molecule has 0 spiro atoms. The second-order valence-corrected chi connectivity index (χ2v) is 7.71. The predicted molar refractivity (Wildman–Crippen MR) is 98.1 cm³/mol. The molecule has 0 atom stereocenters. The van der Waals surface area contributed by atoms with Gasteiger partial charge in [0.05, 0.1) is 10.8 Å². The normalized spacial score (nSPS) is 13.2. The number of hydrogen-bond donors (Lipinski definition) is 1. The monoisotopic (exact) mass is 350 g/mol. The van der Waals surface area contributed by atoms with Crippen LogP contribution in [0.25, 0.3) is 0 Å². The van der Waals surface area contributed by atoms with E-state index in [9.17, 15) is 9.90 Å². The van der Waals surface area contributed by atoms with E-state index in [0.717, 1.165) is 4.90 Å². The molecule has 1 heterocycles. The molecule has 4 heteroatoms. The average molecular weight is 350 g/mol. The quantitative estimate of drug-likeness (QED) is 0.654. The fourth-order valence-electron chi connectivity index (χ4n) is 2.87. The standard InChI is InChI=1S/C20H14O2S2/c21-20(22)15-9-3-6-12-18(15)24-19-13-7-1-4-10-16(13)23-17-11-5-2-8-14(17)19/h1-12,19H,(H,21,22). The minimum atomic E-state index is -0.884. The van der Waals surface area contributed by atoms with Gasteiger partial charge in [-0.2, -0.15) is 0 Å². The Labute approximate surface area is 148 Å². The van der Waals surface area contributed by atoms with E-state index < -0.39 is 5.97 Å². The molecule has 0 saturated carbocycles. The third-order valence-corrected chi connectivity index (χ3v) is 6.52. The Bertz CT molecular complexity index is 875. The molecular formula is C20H14O2S2. The van der Waals surface area contributed by atoms with Crippen molar-refractivity contribution in [2.45, 2.75) is 19.9 Å². The van der Waals surface area contributed by atoms with E-state index in [2.05, 4.69) is 24.3 Å². The summed E-state index contributed by atoms with van der Waals surface area (Å²) >= 11 is 3.39. The molecule has 24 heavy (non-hydrogen) atoms. The maximum Gasteiger partial charge on any atom is 0.336 e. The Morgan fingerprint density at radius 1 is 0.833 bits per heavy atom. The van der Waals surface area contributed by atoms with Gasteiger partial charge >= 0.3 is 5.97 Å². The molecule has 1 N–H and O–H groups in total. The van der Waals surface area contributed by atoms with Crippen molar-refractivity contribution in [1.29, 1.82) is 0 Å². The summed E-state index contributed by atoms with van der Waals surface area (Å²) in [5, 5.41) is 9.56. The van der Waals surface area contributed by atoms with Crippen LogP contribution in [0.15, 0.2) is 87.5 Å². The zero-order valence-corrected chi connectivity index (χ0v) is 14.3. The average Bonchev–Trinajstić information content (AvgIpc) is 2.62. The molecule has 0 aliphatic carbocycles. The fraction of sp³-hybridized carbons (Fsp3) is 0.0500. The van der Waals surface area contributed by atoms with Gasteiger partial charge in [-0.3, -0.25) is 0 Å². The summed E-state index contributed by atoms with van der Waals surface area (Å²) in [6.45, 7) is 0. The topological polar surface area (TPSA) is 37.3 Å². The predicted octanol–water partition coefficient (Wildman–Crippen LogP) is 5.73. The Morgan fingerprint density at radius 3 is 2.00 bits per heavy atom. The Balaban J connectivity index is 1.83. The molecule has 0 unspecified atom stereocenters. The third kappa shape index (κ3) is 2.72. The Hall–Kier alpha value is -2.17. The van der Waals surface area contributed by atoms with E-state index in [1.54, 1.807) is 35.7 Å². The molecule has 0 bridgehead atoms. The minimum Gasteiger partial charge on any atom is -0.478 e. The molecular weight excluding hydrogens is 336 g/mol. The molecule has 0 amide bonds. The number of carbonyl (C=O) groups is 1. The van der Waals surface area contributed by atoms with Crippen LogP contribution in [0.5, 0.6) is 0 Å². The zero-order chi connectivity index (χ0) is 16.5. The highest BCUT2D eigenvalue weighted by Gasteiger charge is 2.27. The lowest BCUT2D eigenvalue weighted by Crippen LogP contribution is -2.06. The van der Waals surface area contributed by atoms with Gasteiger partial charge in [0.15, 0.2) is 0 Å². The van der Waals surface area contributed by atoms with Gasteiger partial charge in [-0.1, -0.05) is 60.3 Å². The molecule has 2 nitrogen and oxygen atoms in total. The maximum atomic E-state index is 11.5. The van der Waals surface area contributed by atoms with Crippen molar-refractivity contribution in [2.75, 3.05) is 0 Å². The van der Waals surface area contributed by atoms with Crippen molar-refractivity contribution in [3.05, 3.63) is 89.5 Å². The molecule has 0 saturated heterocycles. The van der Waals surface area contributed by atoms with Crippen LogP contribution in [0.1, 0.15) is 26.7 Å². The van der Waals surface area contributed by atoms with Crippen LogP contribution in [0, 0.1) is 0 Å². The van der Waals surface area contributed by atoms with E-state index in [0.29, 0.717) is 5.56 Å². The summed E-state index contributed by atoms with van der Waals surface area (Å²) in [6.07, 6.45) is 0. The van der Waals surface area contributed by atoms with Crippen molar-refractivity contribution in [1.82, 2.24) is 0 Å². The first-order valence-electron chi connectivity index (χ1n) is 7.59. The molecule has 0 radical (unpaired) electrons. The molecule has 3 aromatic carbocycles. The molecule has 0 fully saturated rings. The van der Waals surface area contributed by atoms with Crippen molar-refractivity contribution in [3.8, 4) is 0 Å². The second kappa shape index (κ2) is 6.38. The van der Waals surface area contributed by atoms with Crippen LogP contribution in [-0.4, -0.2) is 11.1 Å². The lowest BCUT2D eigenvalue weighted by molar-refractivity contribution is 0.0693. The van der Waals surface area contributed by atoms with Gasteiger partial charge in [0, 0.05) is 14.7 Å². The SMILES string of the molecule is O=C(O)c1ccccc1SC1c2ccccc2Sc2ccccc21. The van der Waals surface area contributed by atoms with Crippen LogP contribution in [-0.2, 0) is 0 Å². The number of thioether (sulfide) groups is 1. The number of carboxylic acid groups (broad SMARTS) is 1. The lowest BCUT2D eigenvalue weighted by Gasteiger charge is -2.27. The van der Waals surface area contributed by atoms with Crippen LogP contribution < -0.4 is 0 Å². The summed E-state index contributed by atoms with van der Waals surface area (Å²) in [6, 6.07) is 23.9. The van der Waals surface area contributed by atoms with Gasteiger partial charge in [-0.15, -0.1) is 11.8 Å². The molecule has 0 aromatic heterocycles. The highest BCUT2D eigenvalue weighted by molar-refractivity contribution is 8.01. The van der Waals surface area contributed by atoms with Gasteiger partial charge in [0.25, 0.3) is 0 Å². The first kappa shape index (κ1) is 15.4. The number of hydrogen-bond acceptors (Lipinski definition) is 3. The summed E-state index contributed by atoms with van der Waals surface area (Å²) < 4.78 is 0. The third-order valence-electron chi connectivity index (χ3n) is 3.99. The van der Waals surface area contributed by atoms with Gasteiger partial charge in [-0.05, 0) is 35.4 Å². The highest BCUT2D eigenvalue weighted by Crippen LogP contribution is 2.52. The van der Waals surface area contributed by atoms with Crippen molar-refractivity contribution in [2.24, 2.45) is 0 Å². The number of aromatic carboxylic acids is 1. The largest absolute Gasteiger partial charge is 0.478 e. The Morgan fingerprint density at radius 2 is 1.38 bits per heavy atom. The van der Waals surface area contributed by atoms with Crippen molar-refractivity contribution in [3.63, 3.8) is 0 Å². The van der Waals surface area contributed by atoms with E-state index in [1.807, 2.05) is 36.4 Å². The number of fused-ring (bicyclic) bond motifs is 2. The van der Waals surface area contributed by atoms with E-state index in [-0.39, 0.29) is 5.25 Å². The van der Waals surface area contributed by atoms with Gasteiger partial charge < -0.3 is 5.11 Å². The van der Waals surface area contributed by atoms with Gasteiger partial charge in [0.1, 0.15) is 0 Å². The van der Waals surface area contributed by atoms with Crippen molar-refractivity contribution >= 4 is 29.5 Å². The zero-order valence-electron chi connectivity index (χ0n) is 12.7. The molecule has 118 valence electrons. The summed E-state index contributed by atoms with van der Waals surface area (Å²) in [5.41, 5.74) is 2.84. The number of benzene rings is 3. The first-order chi connectivity index (χ1) is 11.7. The van der Waals surface area contributed by atoms with Crippen LogP contribution in [0.2, 0.25) is 0 Å². The first-order valence-corrected chi connectivity index (χ1v) is 9.28. The van der Waals surface area contributed by atoms with Crippen LogP contribution >= 0.6 is 23.5 Å². The molecule has 3 aromatic rings. The van der Waals surface area contributed by atoms with E-state index in [4.69, 9.17) is 0 Å². The van der Waals surface area contributed by atoms with Gasteiger partial charge in [-0.25, -0.2) is 4.79 Å². The van der Waals surface area contributed by atoms with Crippen LogP contribution in [0.4, 0.5) is 0 Å². The highest BCUT2D eigenvalue weighted by atomic mass is 32.2. The second-order valence-electron chi connectivity index (χ2n) is 5.48. The summed E-state index contributed by atoms with van der Waals surface area (Å²) in [7, 11) is 0. The lowest BCUT2D eigenvalue weighted by atomic mass is 10.0. The van der Waals surface area contributed by atoms with Crippen molar-refractivity contribution < 1.29 is 9.90 Å². The number of carboxylic acids is 1. The summed E-state index contributed by atoms with van der Waals surface area (Å²) in [4.78, 5) is 14.8. The fourth-order valence-corrected chi connectivity index (χ4v) is 5.51. The Kier molecular flexibility index (Phi) is 4.08. The molecule has 4 rings (SSSR count). The minimum absolute atomic E-state index is 0.0964. The molecule has 1 aliphatic rings. The van der Waals surface area contributed by atoms with Gasteiger partial charge in [0.2, 0.25) is 0 Å². The van der Waals surface area contributed by atoms with E-state index in [1.165, 1.54) is 20.9 Å². The summed E-state index contributed by atoms with van der Waals surface area (Å²) in [5.74, 6) is -0.884. The van der Waals surface area contributed by atoms with E-state index >= 15 is 0 Å². The van der Waals surface area contributed by atoms with Crippen LogP contribution in [0.3, 0.4) is 0 Å².